The fraction of sp³-hybridized carbons (Fsp3) is 0.889. The number of hydrogen-bond acceptors (Lipinski definition) is 3. The third kappa shape index (κ3) is 1.56. The predicted octanol–water partition coefficient (Wildman–Crippen LogP) is 0.0377. The summed E-state index contributed by atoms with van der Waals surface area (Å²) in [5, 5.41) is 8.91. The second kappa shape index (κ2) is 3.27. The zero-order valence-corrected chi connectivity index (χ0v) is 7.77. The van der Waals surface area contributed by atoms with Crippen molar-refractivity contribution in [3.05, 3.63) is 0 Å². The number of carboxylic acids is 1. The van der Waals surface area contributed by atoms with Crippen molar-refractivity contribution in [2.45, 2.75) is 13.0 Å². The van der Waals surface area contributed by atoms with E-state index in [4.69, 9.17) is 9.84 Å². The predicted molar refractivity (Wildman–Crippen MR) is 46.5 cm³/mol. The summed E-state index contributed by atoms with van der Waals surface area (Å²) in [6.45, 7) is 5.20. The maximum absolute atomic E-state index is 10.8. The molecular weight excluding hydrogens is 170 g/mol. The molecule has 0 aromatic carbocycles. The number of ether oxygens (including phenoxy) is 1. The van der Waals surface area contributed by atoms with Gasteiger partial charge in [0.15, 0.2) is 0 Å². The van der Waals surface area contributed by atoms with Crippen molar-refractivity contribution in [2.24, 2.45) is 11.8 Å². The van der Waals surface area contributed by atoms with Crippen molar-refractivity contribution in [2.75, 3.05) is 26.3 Å². The Hall–Kier alpha value is -0.610. The van der Waals surface area contributed by atoms with Crippen LogP contribution >= 0.6 is 0 Å². The SMILES string of the molecule is CC1CN(C2COCC2C(=O)O)C1. The van der Waals surface area contributed by atoms with E-state index in [9.17, 15) is 4.79 Å². The molecule has 0 amide bonds. The van der Waals surface area contributed by atoms with Gasteiger partial charge in [-0.2, -0.15) is 0 Å². The van der Waals surface area contributed by atoms with Gasteiger partial charge in [0.25, 0.3) is 0 Å². The Morgan fingerprint density at radius 2 is 2.15 bits per heavy atom. The highest BCUT2D eigenvalue weighted by Gasteiger charge is 2.41. The van der Waals surface area contributed by atoms with Gasteiger partial charge in [0.2, 0.25) is 0 Å². The maximum atomic E-state index is 10.8. The molecule has 2 atom stereocenters. The average molecular weight is 185 g/mol. The van der Waals surface area contributed by atoms with E-state index in [1.807, 2.05) is 0 Å². The second-order valence-electron chi connectivity index (χ2n) is 4.11. The van der Waals surface area contributed by atoms with Crippen molar-refractivity contribution in [3.63, 3.8) is 0 Å². The maximum Gasteiger partial charge on any atom is 0.310 e. The van der Waals surface area contributed by atoms with Crippen LogP contribution in [0.4, 0.5) is 0 Å². The van der Waals surface area contributed by atoms with Crippen LogP contribution < -0.4 is 0 Å². The van der Waals surface area contributed by atoms with Crippen LogP contribution in [0.25, 0.3) is 0 Å². The zero-order valence-electron chi connectivity index (χ0n) is 7.77. The highest BCUT2D eigenvalue weighted by atomic mass is 16.5. The van der Waals surface area contributed by atoms with Crippen LogP contribution in [0.2, 0.25) is 0 Å². The summed E-state index contributed by atoms with van der Waals surface area (Å²) < 4.78 is 5.20. The molecule has 4 heteroatoms. The molecule has 2 unspecified atom stereocenters. The third-order valence-corrected chi connectivity index (χ3v) is 2.93. The first-order valence-electron chi connectivity index (χ1n) is 4.73. The van der Waals surface area contributed by atoms with Gasteiger partial charge < -0.3 is 9.84 Å². The van der Waals surface area contributed by atoms with Gasteiger partial charge in [0.1, 0.15) is 0 Å². The summed E-state index contributed by atoms with van der Waals surface area (Å²) in [4.78, 5) is 13.1. The third-order valence-electron chi connectivity index (χ3n) is 2.93. The monoisotopic (exact) mass is 185 g/mol. The molecule has 2 aliphatic heterocycles. The van der Waals surface area contributed by atoms with E-state index in [0.29, 0.717) is 13.2 Å². The van der Waals surface area contributed by atoms with Crippen LogP contribution in [0.3, 0.4) is 0 Å². The highest BCUT2D eigenvalue weighted by Crippen LogP contribution is 2.26. The Balaban J connectivity index is 1.94. The van der Waals surface area contributed by atoms with Gasteiger partial charge in [-0.25, -0.2) is 0 Å². The molecule has 0 radical (unpaired) electrons. The van der Waals surface area contributed by atoms with Gasteiger partial charge >= 0.3 is 5.97 Å². The summed E-state index contributed by atoms with van der Waals surface area (Å²) in [5.74, 6) is -0.315. The molecule has 1 N–H and O–H groups in total. The molecule has 0 aromatic heterocycles. The first kappa shape index (κ1) is 8.97. The lowest BCUT2D eigenvalue weighted by Crippen LogP contribution is -2.54. The molecule has 0 aliphatic carbocycles. The number of hydrogen-bond donors (Lipinski definition) is 1. The number of nitrogens with zero attached hydrogens (tertiary/aromatic N) is 1. The smallest absolute Gasteiger partial charge is 0.310 e. The van der Waals surface area contributed by atoms with Crippen molar-refractivity contribution in [3.8, 4) is 0 Å². The summed E-state index contributed by atoms with van der Waals surface area (Å²) in [6.07, 6.45) is 0. The molecule has 0 spiro atoms. The van der Waals surface area contributed by atoms with Crippen LogP contribution in [0.1, 0.15) is 6.92 Å². The fourth-order valence-corrected chi connectivity index (χ4v) is 2.16. The molecule has 0 aromatic rings. The number of carbonyl (C=O) groups is 1. The van der Waals surface area contributed by atoms with Crippen LogP contribution in [-0.4, -0.2) is 48.3 Å². The minimum Gasteiger partial charge on any atom is -0.481 e. The lowest BCUT2D eigenvalue weighted by Gasteiger charge is -2.42. The van der Waals surface area contributed by atoms with E-state index >= 15 is 0 Å². The molecule has 0 bridgehead atoms. The van der Waals surface area contributed by atoms with E-state index in [1.54, 1.807) is 0 Å². The minimum atomic E-state index is -0.720. The van der Waals surface area contributed by atoms with Gasteiger partial charge in [0.05, 0.1) is 19.1 Å². The van der Waals surface area contributed by atoms with E-state index in [-0.39, 0.29) is 12.0 Å². The average Bonchev–Trinajstić information content (AvgIpc) is 2.45. The second-order valence-corrected chi connectivity index (χ2v) is 4.11. The van der Waals surface area contributed by atoms with Crippen LogP contribution in [-0.2, 0) is 9.53 Å². The first-order valence-corrected chi connectivity index (χ1v) is 4.73. The Kier molecular flexibility index (Phi) is 2.26. The molecule has 2 saturated heterocycles. The summed E-state index contributed by atoms with van der Waals surface area (Å²) in [6, 6.07) is 0.119. The minimum absolute atomic E-state index is 0.119. The van der Waals surface area contributed by atoms with Gasteiger partial charge in [-0.1, -0.05) is 6.92 Å². The van der Waals surface area contributed by atoms with E-state index in [0.717, 1.165) is 19.0 Å². The normalized spacial score (nSPS) is 36.1. The van der Waals surface area contributed by atoms with Gasteiger partial charge in [-0.3, -0.25) is 9.69 Å². The lowest BCUT2D eigenvalue weighted by molar-refractivity contribution is -0.144. The molecule has 2 aliphatic rings. The van der Waals surface area contributed by atoms with Gasteiger partial charge in [0, 0.05) is 19.1 Å². The fourth-order valence-electron chi connectivity index (χ4n) is 2.16. The Morgan fingerprint density at radius 3 is 2.69 bits per heavy atom. The lowest BCUT2D eigenvalue weighted by atomic mass is 9.94. The largest absolute Gasteiger partial charge is 0.481 e. The van der Waals surface area contributed by atoms with E-state index < -0.39 is 5.97 Å². The quantitative estimate of drug-likeness (QED) is 0.659. The van der Waals surface area contributed by atoms with Crippen molar-refractivity contribution in [1.29, 1.82) is 0 Å². The highest BCUT2D eigenvalue weighted by molar-refractivity contribution is 5.71. The van der Waals surface area contributed by atoms with Crippen LogP contribution in [0.15, 0.2) is 0 Å². The Labute approximate surface area is 77.5 Å². The molecule has 2 heterocycles. The number of aliphatic carboxylic acids is 1. The van der Waals surface area contributed by atoms with Crippen molar-refractivity contribution in [1.82, 2.24) is 4.90 Å². The van der Waals surface area contributed by atoms with E-state index in [2.05, 4.69) is 11.8 Å². The van der Waals surface area contributed by atoms with Crippen LogP contribution in [0, 0.1) is 11.8 Å². The van der Waals surface area contributed by atoms with Crippen molar-refractivity contribution < 1.29 is 14.6 Å². The van der Waals surface area contributed by atoms with E-state index in [1.165, 1.54) is 0 Å². The molecule has 4 nitrogen and oxygen atoms in total. The molecule has 0 saturated carbocycles. The standard InChI is InChI=1S/C9H15NO3/c1-6-2-10(3-6)8-5-13-4-7(8)9(11)12/h6-8H,2-5H2,1H3,(H,11,12). The molecule has 13 heavy (non-hydrogen) atoms. The summed E-state index contributed by atoms with van der Waals surface area (Å²) in [5.41, 5.74) is 0. The van der Waals surface area contributed by atoms with Crippen LogP contribution in [0.5, 0.6) is 0 Å². The number of likely N-dealkylation sites (tertiary alicyclic amines) is 1. The number of rotatable bonds is 2. The van der Waals surface area contributed by atoms with Gasteiger partial charge in [-0.05, 0) is 5.92 Å². The summed E-state index contributed by atoms with van der Waals surface area (Å²) >= 11 is 0. The molecule has 2 rings (SSSR count). The zero-order chi connectivity index (χ0) is 9.42. The Morgan fingerprint density at radius 1 is 1.46 bits per heavy atom. The number of carboxylic acid groups (broad SMARTS) is 1. The molecule has 74 valence electrons. The summed E-state index contributed by atoms with van der Waals surface area (Å²) in [7, 11) is 0. The Bertz CT molecular complexity index is 213. The first-order chi connectivity index (χ1) is 6.18. The topological polar surface area (TPSA) is 49.8 Å². The molecular formula is C9H15NO3. The van der Waals surface area contributed by atoms with Crippen molar-refractivity contribution >= 4 is 5.97 Å². The van der Waals surface area contributed by atoms with Gasteiger partial charge in [-0.15, -0.1) is 0 Å². The molecule has 2 fully saturated rings.